The van der Waals surface area contributed by atoms with E-state index in [1.165, 1.54) is 0 Å². The molecule has 1 atom stereocenters. The molecule has 0 bridgehead atoms. The summed E-state index contributed by atoms with van der Waals surface area (Å²) in [4.78, 5) is 22.9. The van der Waals surface area contributed by atoms with Crippen LogP contribution < -0.4 is 15.4 Å². The average molecular weight is 274 g/mol. The number of ether oxygens (including phenoxy) is 1. The largest absolute Gasteiger partial charge is 0.495 e. The molecule has 1 saturated heterocycles. The minimum atomic E-state index is -0.419. The minimum absolute atomic E-state index is 0.224. The fourth-order valence-electron chi connectivity index (χ4n) is 2.09. The van der Waals surface area contributed by atoms with Gasteiger partial charge >= 0.3 is 0 Å². The molecule has 1 aromatic carbocycles. The second-order valence-electron chi connectivity index (χ2n) is 4.84. The number of hydrogen-bond donors (Lipinski definition) is 2. The smallest absolute Gasteiger partial charge is 0.249 e. The number of rotatable bonds is 4. The van der Waals surface area contributed by atoms with Crippen molar-refractivity contribution in [2.24, 2.45) is 0 Å². The van der Waals surface area contributed by atoms with Gasteiger partial charge in [-0.15, -0.1) is 0 Å². The lowest BCUT2D eigenvalue weighted by atomic mass is 10.0. The quantitative estimate of drug-likeness (QED) is 0.823. The zero-order valence-corrected chi connectivity index (χ0v) is 11.7. The second-order valence-corrected chi connectivity index (χ2v) is 4.84. The van der Waals surface area contributed by atoms with E-state index in [0.29, 0.717) is 18.6 Å². The maximum atomic E-state index is 11.7. The molecule has 1 fully saturated rings. The van der Waals surface area contributed by atoms with Crippen molar-refractivity contribution in [3.63, 3.8) is 0 Å². The number of allylic oxidation sites excluding steroid dienone is 1. The molecule has 1 heterocycles. The van der Waals surface area contributed by atoms with Gasteiger partial charge < -0.3 is 10.1 Å². The second kappa shape index (κ2) is 5.77. The van der Waals surface area contributed by atoms with Gasteiger partial charge in [0.15, 0.2) is 0 Å². The minimum Gasteiger partial charge on any atom is -0.495 e. The van der Waals surface area contributed by atoms with Gasteiger partial charge in [-0.2, -0.15) is 0 Å². The van der Waals surface area contributed by atoms with Crippen molar-refractivity contribution in [1.82, 2.24) is 5.32 Å². The van der Waals surface area contributed by atoms with Gasteiger partial charge in [0.05, 0.1) is 12.8 Å². The van der Waals surface area contributed by atoms with Crippen molar-refractivity contribution in [1.29, 1.82) is 0 Å². The molecule has 1 aromatic rings. The van der Waals surface area contributed by atoms with Crippen LogP contribution in [0.2, 0.25) is 0 Å². The number of nitrogens with one attached hydrogen (secondary N) is 2. The van der Waals surface area contributed by atoms with E-state index in [4.69, 9.17) is 4.74 Å². The van der Waals surface area contributed by atoms with Crippen molar-refractivity contribution in [3.8, 4) is 5.75 Å². The topological polar surface area (TPSA) is 67.4 Å². The summed E-state index contributed by atoms with van der Waals surface area (Å²) in [6.07, 6.45) is 0.825. The van der Waals surface area contributed by atoms with Crippen LogP contribution in [0.3, 0.4) is 0 Å². The molecule has 1 aliphatic heterocycles. The van der Waals surface area contributed by atoms with E-state index in [-0.39, 0.29) is 11.8 Å². The standard InChI is InChI=1S/C15H18N2O3/c1-9(2)10-4-5-11(13(8-10)20-3)16-12-6-7-14(18)17-15(12)19/h4-5,8,12,16H,1,6-7H2,2-3H3,(H,17,18,19). The first-order valence-corrected chi connectivity index (χ1v) is 6.45. The normalized spacial score (nSPS) is 18.4. The van der Waals surface area contributed by atoms with E-state index in [2.05, 4.69) is 17.2 Å². The summed E-state index contributed by atoms with van der Waals surface area (Å²) in [5.41, 5.74) is 2.65. The van der Waals surface area contributed by atoms with Crippen molar-refractivity contribution >= 4 is 23.1 Å². The van der Waals surface area contributed by atoms with E-state index in [9.17, 15) is 9.59 Å². The van der Waals surface area contributed by atoms with Gasteiger partial charge in [-0.3, -0.25) is 14.9 Å². The summed E-state index contributed by atoms with van der Waals surface area (Å²) in [5, 5.41) is 5.44. The van der Waals surface area contributed by atoms with Crippen LogP contribution in [0.5, 0.6) is 5.75 Å². The Morgan fingerprint density at radius 3 is 2.80 bits per heavy atom. The van der Waals surface area contributed by atoms with Gasteiger partial charge in [-0.05, 0) is 31.0 Å². The molecule has 1 aliphatic rings. The highest BCUT2D eigenvalue weighted by molar-refractivity contribution is 6.01. The molecule has 106 valence electrons. The predicted molar refractivity (Wildman–Crippen MR) is 77.5 cm³/mol. The summed E-state index contributed by atoms with van der Waals surface area (Å²) in [6.45, 7) is 5.81. The number of benzene rings is 1. The molecular formula is C15H18N2O3. The lowest BCUT2D eigenvalue weighted by molar-refractivity contribution is -0.133. The highest BCUT2D eigenvalue weighted by Gasteiger charge is 2.26. The van der Waals surface area contributed by atoms with Crippen LogP contribution >= 0.6 is 0 Å². The SMILES string of the molecule is C=C(C)c1ccc(NC2CCC(=O)NC2=O)c(OC)c1. The Kier molecular flexibility index (Phi) is 4.08. The van der Waals surface area contributed by atoms with Crippen molar-refractivity contribution < 1.29 is 14.3 Å². The van der Waals surface area contributed by atoms with Crippen LogP contribution in [0.4, 0.5) is 5.69 Å². The van der Waals surface area contributed by atoms with E-state index in [1.807, 2.05) is 25.1 Å². The highest BCUT2D eigenvalue weighted by Crippen LogP contribution is 2.29. The Labute approximate surface area is 118 Å². The van der Waals surface area contributed by atoms with Gasteiger partial charge in [0, 0.05) is 6.42 Å². The van der Waals surface area contributed by atoms with Gasteiger partial charge in [0.25, 0.3) is 0 Å². The highest BCUT2D eigenvalue weighted by atomic mass is 16.5. The number of anilines is 1. The van der Waals surface area contributed by atoms with Gasteiger partial charge in [0.2, 0.25) is 11.8 Å². The van der Waals surface area contributed by atoms with Crippen molar-refractivity contribution in [2.45, 2.75) is 25.8 Å². The Bertz CT molecular complexity index is 566. The predicted octanol–water partition coefficient (Wildman–Crippen LogP) is 1.95. The number of carbonyl (C=O) groups is 2. The molecule has 1 unspecified atom stereocenters. The van der Waals surface area contributed by atoms with Crippen LogP contribution in [0, 0.1) is 0 Å². The maximum absolute atomic E-state index is 11.7. The van der Waals surface area contributed by atoms with Gasteiger partial charge in [0.1, 0.15) is 11.8 Å². The fraction of sp³-hybridized carbons (Fsp3) is 0.333. The fourth-order valence-corrected chi connectivity index (χ4v) is 2.09. The Balaban J connectivity index is 2.18. The van der Waals surface area contributed by atoms with Gasteiger partial charge in [-0.25, -0.2) is 0 Å². The number of piperidine rings is 1. The van der Waals surface area contributed by atoms with E-state index >= 15 is 0 Å². The van der Waals surface area contributed by atoms with Crippen LogP contribution in [-0.4, -0.2) is 25.0 Å². The molecular weight excluding hydrogens is 256 g/mol. The monoisotopic (exact) mass is 274 g/mol. The van der Waals surface area contributed by atoms with Crippen molar-refractivity contribution in [3.05, 3.63) is 30.3 Å². The first-order valence-electron chi connectivity index (χ1n) is 6.45. The van der Waals surface area contributed by atoms with E-state index < -0.39 is 6.04 Å². The molecule has 2 rings (SSSR count). The molecule has 0 radical (unpaired) electrons. The zero-order valence-electron chi connectivity index (χ0n) is 11.7. The third kappa shape index (κ3) is 2.99. The van der Waals surface area contributed by atoms with E-state index in [0.717, 1.165) is 16.8 Å². The van der Waals surface area contributed by atoms with Gasteiger partial charge in [-0.1, -0.05) is 18.2 Å². The summed E-state index contributed by atoms with van der Waals surface area (Å²) in [5.74, 6) is 0.125. The Morgan fingerprint density at radius 2 is 2.20 bits per heavy atom. The molecule has 2 N–H and O–H groups in total. The molecule has 2 amide bonds. The molecule has 5 nitrogen and oxygen atoms in total. The number of imide groups is 1. The molecule has 0 aliphatic carbocycles. The number of hydrogen-bond acceptors (Lipinski definition) is 4. The van der Waals surface area contributed by atoms with Crippen LogP contribution in [-0.2, 0) is 9.59 Å². The summed E-state index contributed by atoms with van der Waals surface area (Å²) < 4.78 is 5.33. The third-order valence-corrected chi connectivity index (χ3v) is 3.26. The lowest BCUT2D eigenvalue weighted by Gasteiger charge is -2.24. The molecule has 5 heteroatoms. The van der Waals surface area contributed by atoms with Crippen LogP contribution in [0.1, 0.15) is 25.3 Å². The molecule has 0 aromatic heterocycles. The molecule has 20 heavy (non-hydrogen) atoms. The Hall–Kier alpha value is -2.30. The molecule has 0 saturated carbocycles. The summed E-state index contributed by atoms with van der Waals surface area (Å²) in [6, 6.07) is 5.22. The third-order valence-electron chi connectivity index (χ3n) is 3.26. The van der Waals surface area contributed by atoms with Crippen LogP contribution in [0.15, 0.2) is 24.8 Å². The number of carbonyl (C=O) groups excluding carboxylic acids is 2. The first-order chi connectivity index (χ1) is 9.51. The average Bonchev–Trinajstić information content (AvgIpc) is 2.42. The number of methoxy groups -OCH3 is 1. The summed E-state index contributed by atoms with van der Waals surface area (Å²) in [7, 11) is 1.58. The first kappa shape index (κ1) is 14.1. The van der Waals surface area contributed by atoms with Crippen molar-refractivity contribution in [2.75, 3.05) is 12.4 Å². The number of amides is 2. The van der Waals surface area contributed by atoms with Crippen LogP contribution in [0.25, 0.3) is 5.57 Å². The van der Waals surface area contributed by atoms with E-state index in [1.54, 1.807) is 7.11 Å². The Morgan fingerprint density at radius 1 is 1.45 bits per heavy atom. The summed E-state index contributed by atoms with van der Waals surface area (Å²) >= 11 is 0. The maximum Gasteiger partial charge on any atom is 0.249 e. The lowest BCUT2D eigenvalue weighted by Crippen LogP contribution is -2.47. The molecule has 0 spiro atoms. The zero-order chi connectivity index (χ0) is 14.7.